The number of nitrogens with zero attached hydrogens (tertiary/aromatic N) is 4. The number of oxazole rings is 1. The number of aromatic carboxylic acids is 1. The summed E-state index contributed by atoms with van der Waals surface area (Å²) >= 11 is 1.54. The van der Waals surface area contributed by atoms with Crippen LogP contribution in [-0.4, -0.2) is 31.1 Å². The van der Waals surface area contributed by atoms with Crippen LogP contribution in [0.3, 0.4) is 0 Å². The first kappa shape index (κ1) is 12.5. The maximum Gasteiger partial charge on any atom is 0.358 e. The molecule has 0 radical (unpaired) electrons. The molecule has 0 fully saturated rings. The van der Waals surface area contributed by atoms with Gasteiger partial charge in [0.05, 0.1) is 17.6 Å². The van der Waals surface area contributed by atoms with E-state index >= 15 is 0 Å². The van der Waals surface area contributed by atoms with Crippen LogP contribution in [0.25, 0.3) is 10.8 Å². The van der Waals surface area contributed by atoms with Crippen molar-refractivity contribution in [3.05, 3.63) is 40.9 Å². The SMILES string of the molecule is Cc1oc(-c2cccs2)nc1Cn1cc(C(=O)O)nn1. The van der Waals surface area contributed by atoms with E-state index < -0.39 is 5.97 Å². The fourth-order valence-electron chi connectivity index (χ4n) is 1.71. The second-order valence-electron chi connectivity index (χ2n) is 4.11. The number of hydrogen-bond donors (Lipinski definition) is 1. The molecule has 8 heteroatoms. The minimum atomic E-state index is -1.10. The van der Waals surface area contributed by atoms with Crippen molar-refractivity contribution >= 4 is 17.3 Å². The Bertz CT molecular complexity index is 745. The van der Waals surface area contributed by atoms with E-state index in [0.29, 0.717) is 23.9 Å². The molecule has 1 N–H and O–H groups in total. The molecular formula is C12H10N4O3S. The van der Waals surface area contributed by atoms with Gasteiger partial charge < -0.3 is 9.52 Å². The molecule has 0 aromatic carbocycles. The van der Waals surface area contributed by atoms with Crippen molar-refractivity contribution in [3.8, 4) is 10.8 Å². The van der Waals surface area contributed by atoms with Gasteiger partial charge >= 0.3 is 5.97 Å². The van der Waals surface area contributed by atoms with Crippen LogP contribution in [0.1, 0.15) is 21.9 Å². The van der Waals surface area contributed by atoms with Crippen molar-refractivity contribution < 1.29 is 14.3 Å². The van der Waals surface area contributed by atoms with Gasteiger partial charge in [-0.15, -0.1) is 16.4 Å². The summed E-state index contributed by atoms with van der Waals surface area (Å²) in [6.07, 6.45) is 1.36. The molecule has 102 valence electrons. The van der Waals surface area contributed by atoms with E-state index in [1.54, 1.807) is 11.3 Å². The topological polar surface area (TPSA) is 94.0 Å². The highest BCUT2D eigenvalue weighted by molar-refractivity contribution is 7.13. The second-order valence-corrected chi connectivity index (χ2v) is 5.05. The number of aryl methyl sites for hydroxylation is 1. The smallest absolute Gasteiger partial charge is 0.358 e. The van der Waals surface area contributed by atoms with Gasteiger partial charge in [0, 0.05) is 0 Å². The largest absolute Gasteiger partial charge is 0.476 e. The fourth-order valence-corrected chi connectivity index (χ4v) is 2.36. The Morgan fingerprint density at radius 2 is 2.40 bits per heavy atom. The first-order chi connectivity index (χ1) is 9.63. The van der Waals surface area contributed by atoms with E-state index in [4.69, 9.17) is 9.52 Å². The number of aromatic nitrogens is 4. The van der Waals surface area contributed by atoms with Crippen LogP contribution in [0.5, 0.6) is 0 Å². The standard InChI is InChI=1S/C12H10N4O3S/c1-7-8(5-16-6-9(12(17)18)14-15-16)13-11(19-7)10-3-2-4-20-10/h2-4,6H,5H2,1H3,(H,17,18). The van der Waals surface area contributed by atoms with E-state index in [1.165, 1.54) is 10.9 Å². The highest BCUT2D eigenvalue weighted by Gasteiger charge is 2.14. The van der Waals surface area contributed by atoms with Crippen molar-refractivity contribution in [2.45, 2.75) is 13.5 Å². The van der Waals surface area contributed by atoms with Crippen LogP contribution in [-0.2, 0) is 6.54 Å². The molecule has 3 aromatic heterocycles. The summed E-state index contributed by atoms with van der Waals surface area (Å²) in [6.45, 7) is 2.13. The number of hydrogen-bond acceptors (Lipinski definition) is 6. The third kappa shape index (κ3) is 2.32. The van der Waals surface area contributed by atoms with E-state index in [2.05, 4.69) is 15.3 Å². The molecule has 0 amide bonds. The van der Waals surface area contributed by atoms with Crippen LogP contribution in [0, 0.1) is 6.92 Å². The number of rotatable bonds is 4. The maximum atomic E-state index is 10.7. The minimum Gasteiger partial charge on any atom is -0.476 e. The molecule has 0 saturated carbocycles. The molecule has 0 spiro atoms. The molecule has 3 rings (SSSR count). The molecule has 0 unspecified atom stereocenters. The lowest BCUT2D eigenvalue weighted by Crippen LogP contribution is -2.02. The summed E-state index contributed by atoms with van der Waals surface area (Å²) in [5, 5.41) is 18.1. The van der Waals surface area contributed by atoms with Crippen molar-refractivity contribution in [2.24, 2.45) is 0 Å². The second kappa shape index (κ2) is 4.89. The molecule has 0 bridgehead atoms. The lowest BCUT2D eigenvalue weighted by atomic mass is 10.3. The summed E-state index contributed by atoms with van der Waals surface area (Å²) in [4.78, 5) is 16.1. The Morgan fingerprint density at radius 1 is 1.55 bits per heavy atom. The first-order valence-electron chi connectivity index (χ1n) is 5.77. The third-order valence-corrected chi connectivity index (χ3v) is 3.55. The number of thiophene rings is 1. The van der Waals surface area contributed by atoms with E-state index in [0.717, 1.165) is 4.88 Å². The average molecular weight is 290 g/mol. The average Bonchev–Trinajstić information content (AvgIpc) is 3.11. The minimum absolute atomic E-state index is 0.0929. The highest BCUT2D eigenvalue weighted by atomic mass is 32.1. The van der Waals surface area contributed by atoms with Crippen molar-refractivity contribution in [1.29, 1.82) is 0 Å². The summed E-state index contributed by atoms with van der Waals surface area (Å²) in [6, 6.07) is 3.85. The Labute approximate surface area is 117 Å². The van der Waals surface area contributed by atoms with Gasteiger partial charge in [-0.05, 0) is 18.4 Å². The zero-order chi connectivity index (χ0) is 14.1. The molecule has 3 heterocycles. The van der Waals surface area contributed by atoms with Gasteiger partial charge in [0.15, 0.2) is 5.69 Å². The van der Waals surface area contributed by atoms with Crippen molar-refractivity contribution in [3.63, 3.8) is 0 Å². The molecule has 0 saturated heterocycles. The fraction of sp³-hybridized carbons (Fsp3) is 0.167. The van der Waals surface area contributed by atoms with Crippen LogP contribution in [0.15, 0.2) is 28.1 Å². The molecule has 0 aliphatic carbocycles. The monoisotopic (exact) mass is 290 g/mol. The van der Waals surface area contributed by atoms with Crippen LogP contribution >= 0.6 is 11.3 Å². The molecule has 3 aromatic rings. The van der Waals surface area contributed by atoms with Crippen LogP contribution in [0.2, 0.25) is 0 Å². The van der Waals surface area contributed by atoms with E-state index in [9.17, 15) is 4.79 Å². The predicted octanol–water partition coefficient (Wildman–Crippen LogP) is 2.05. The summed E-state index contributed by atoms with van der Waals surface area (Å²) < 4.78 is 7.03. The zero-order valence-electron chi connectivity index (χ0n) is 10.5. The Kier molecular flexibility index (Phi) is 3.07. The lowest BCUT2D eigenvalue weighted by Gasteiger charge is -1.95. The van der Waals surface area contributed by atoms with Crippen LogP contribution in [0.4, 0.5) is 0 Å². The highest BCUT2D eigenvalue weighted by Crippen LogP contribution is 2.26. The molecule has 0 atom stereocenters. The molecule has 0 aliphatic rings. The molecule has 7 nitrogen and oxygen atoms in total. The Morgan fingerprint density at radius 3 is 3.05 bits per heavy atom. The number of carboxylic acid groups (broad SMARTS) is 1. The Balaban J connectivity index is 1.85. The lowest BCUT2D eigenvalue weighted by molar-refractivity contribution is 0.0690. The van der Waals surface area contributed by atoms with Crippen molar-refractivity contribution in [1.82, 2.24) is 20.0 Å². The summed E-state index contributed by atoms with van der Waals surface area (Å²) in [5.74, 6) is 0.138. The molecule has 20 heavy (non-hydrogen) atoms. The van der Waals surface area contributed by atoms with Crippen LogP contribution < -0.4 is 0 Å². The van der Waals surface area contributed by atoms with Gasteiger partial charge in [-0.1, -0.05) is 11.3 Å². The Hall–Kier alpha value is -2.48. The van der Waals surface area contributed by atoms with E-state index in [1.807, 2.05) is 24.4 Å². The normalized spacial score (nSPS) is 10.8. The maximum absolute atomic E-state index is 10.7. The summed E-state index contributed by atoms with van der Waals surface area (Å²) in [5.41, 5.74) is 0.611. The van der Waals surface area contributed by atoms with E-state index in [-0.39, 0.29) is 5.69 Å². The van der Waals surface area contributed by atoms with Gasteiger partial charge in [0.1, 0.15) is 11.5 Å². The van der Waals surface area contributed by atoms with Crippen molar-refractivity contribution in [2.75, 3.05) is 0 Å². The quantitative estimate of drug-likeness (QED) is 0.790. The van der Waals surface area contributed by atoms with Gasteiger partial charge in [-0.25, -0.2) is 14.5 Å². The number of carboxylic acids is 1. The first-order valence-corrected chi connectivity index (χ1v) is 6.65. The molecular weight excluding hydrogens is 280 g/mol. The number of carbonyl (C=O) groups is 1. The van der Waals surface area contributed by atoms with Gasteiger partial charge in [0.25, 0.3) is 0 Å². The molecule has 0 aliphatic heterocycles. The zero-order valence-corrected chi connectivity index (χ0v) is 11.3. The van der Waals surface area contributed by atoms with Gasteiger partial charge in [0.2, 0.25) is 5.89 Å². The van der Waals surface area contributed by atoms with Gasteiger partial charge in [-0.2, -0.15) is 0 Å². The predicted molar refractivity (Wildman–Crippen MR) is 70.6 cm³/mol. The third-order valence-electron chi connectivity index (χ3n) is 2.69. The summed E-state index contributed by atoms with van der Waals surface area (Å²) in [7, 11) is 0. The van der Waals surface area contributed by atoms with Gasteiger partial charge in [-0.3, -0.25) is 0 Å².